The molecule has 2 rings (SSSR count). The number of carbonyl (C=O) groups is 2. The van der Waals surface area contributed by atoms with E-state index in [4.69, 9.17) is 0 Å². The van der Waals surface area contributed by atoms with Crippen molar-refractivity contribution >= 4 is 11.8 Å². The highest BCUT2D eigenvalue weighted by atomic mass is 16.2. The first kappa shape index (κ1) is 21.5. The van der Waals surface area contributed by atoms with Gasteiger partial charge >= 0.3 is 0 Å². The molecule has 27 heavy (non-hydrogen) atoms. The van der Waals surface area contributed by atoms with Gasteiger partial charge in [0.25, 0.3) is 0 Å². The molecule has 1 aromatic rings. The summed E-state index contributed by atoms with van der Waals surface area (Å²) in [5, 5.41) is 0. The normalized spacial score (nSPS) is 15.4. The van der Waals surface area contributed by atoms with E-state index < -0.39 is 0 Å². The van der Waals surface area contributed by atoms with Gasteiger partial charge in [-0.15, -0.1) is 0 Å². The van der Waals surface area contributed by atoms with Gasteiger partial charge in [0.2, 0.25) is 11.8 Å². The maximum absolute atomic E-state index is 13.2. The SMILES string of the molecule is CC(C)CN(Cc1cccn1C)C(=O)CN(C(=O)C(C)C)C1CCCCC1. The first-order valence-corrected chi connectivity index (χ1v) is 10.5. The van der Waals surface area contributed by atoms with Gasteiger partial charge in [0.15, 0.2) is 0 Å². The molecule has 1 heterocycles. The standard InChI is InChI=1S/C22H37N3O2/c1-17(2)14-24(15-20-12-9-13-23(20)5)21(26)16-25(22(27)18(3)4)19-10-7-6-8-11-19/h9,12-13,17-19H,6-8,10-11,14-16H2,1-5H3. The largest absolute Gasteiger partial charge is 0.353 e. The Labute approximate surface area is 164 Å². The monoisotopic (exact) mass is 375 g/mol. The van der Waals surface area contributed by atoms with Crippen LogP contribution in [-0.2, 0) is 23.2 Å². The fourth-order valence-electron chi connectivity index (χ4n) is 3.91. The zero-order valence-electron chi connectivity index (χ0n) is 17.8. The number of carbonyl (C=O) groups excluding carboxylic acids is 2. The van der Waals surface area contributed by atoms with E-state index in [1.807, 2.05) is 43.0 Å². The second-order valence-corrected chi connectivity index (χ2v) is 8.69. The third kappa shape index (κ3) is 6.12. The lowest BCUT2D eigenvalue weighted by Gasteiger charge is -2.36. The average Bonchev–Trinajstić information content (AvgIpc) is 3.03. The van der Waals surface area contributed by atoms with Crippen molar-refractivity contribution in [1.29, 1.82) is 0 Å². The van der Waals surface area contributed by atoms with Crippen molar-refractivity contribution in [3.63, 3.8) is 0 Å². The van der Waals surface area contributed by atoms with Crippen LogP contribution in [0.1, 0.15) is 65.5 Å². The van der Waals surface area contributed by atoms with Gasteiger partial charge in [0.05, 0.1) is 6.54 Å². The number of nitrogens with zero attached hydrogens (tertiary/aromatic N) is 3. The van der Waals surface area contributed by atoms with E-state index in [0.717, 1.165) is 31.4 Å². The Hall–Kier alpha value is -1.78. The van der Waals surface area contributed by atoms with Crippen molar-refractivity contribution in [3.8, 4) is 0 Å². The predicted molar refractivity (Wildman–Crippen MR) is 109 cm³/mol. The van der Waals surface area contributed by atoms with Crippen molar-refractivity contribution in [2.45, 2.75) is 72.4 Å². The van der Waals surface area contributed by atoms with Crippen LogP contribution >= 0.6 is 0 Å². The van der Waals surface area contributed by atoms with Gasteiger partial charge in [0.1, 0.15) is 6.54 Å². The molecule has 0 atom stereocenters. The minimum Gasteiger partial charge on any atom is -0.353 e. The summed E-state index contributed by atoms with van der Waals surface area (Å²) in [6.07, 6.45) is 7.59. The fourth-order valence-corrected chi connectivity index (χ4v) is 3.91. The molecule has 1 fully saturated rings. The number of hydrogen-bond acceptors (Lipinski definition) is 2. The van der Waals surface area contributed by atoms with Crippen molar-refractivity contribution < 1.29 is 9.59 Å². The van der Waals surface area contributed by atoms with Crippen LogP contribution in [0.15, 0.2) is 18.3 Å². The number of amides is 2. The average molecular weight is 376 g/mol. The van der Waals surface area contributed by atoms with Gasteiger partial charge in [-0.25, -0.2) is 0 Å². The van der Waals surface area contributed by atoms with Crippen molar-refractivity contribution in [1.82, 2.24) is 14.4 Å². The molecule has 1 aromatic heterocycles. The van der Waals surface area contributed by atoms with Crippen LogP contribution in [0.2, 0.25) is 0 Å². The molecule has 1 aliphatic rings. The van der Waals surface area contributed by atoms with Crippen LogP contribution in [0.5, 0.6) is 0 Å². The molecule has 0 aromatic carbocycles. The molecular weight excluding hydrogens is 338 g/mol. The van der Waals surface area contributed by atoms with Crippen LogP contribution in [0.3, 0.4) is 0 Å². The Kier molecular flexibility index (Phi) is 7.93. The Morgan fingerprint density at radius 2 is 1.81 bits per heavy atom. The van der Waals surface area contributed by atoms with Gasteiger partial charge in [-0.3, -0.25) is 9.59 Å². The Morgan fingerprint density at radius 3 is 2.33 bits per heavy atom. The molecule has 0 unspecified atom stereocenters. The minimum atomic E-state index is -0.0776. The van der Waals surface area contributed by atoms with Crippen LogP contribution < -0.4 is 0 Å². The summed E-state index contributed by atoms with van der Waals surface area (Å²) >= 11 is 0. The molecule has 2 amide bonds. The fraction of sp³-hybridized carbons (Fsp3) is 0.727. The summed E-state index contributed by atoms with van der Waals surface area (Å²) < 4.78 is 2.05. The van der Waals surface area contributed by atoms with Crippen molar-refractivity contribution in [2.75, 3.05) is 13.1 Å². The molecule has 5 heteroatoms. The quantitative estimate of drug-likeness (QED) is 0.693. The molecule has 5 nitrogen and oxygen atoms in total. The van der Waals surface area contributed by atoms with Gasteiger partial charge < -0.3 is 14.4 Å². The minimum absolute atomic E-state index is 0.0597. The summed E-state index contributed by atoms with van der Waals surface area (Å²) in [6, 6.07) is 4.27. The maximum atomic E-state index is 13.2. The number of rotatable bonds is 8. The Balaban J connectivity index is 2.14. The van der Waals surface area contributed by atoms with E-state index in [0.29, 0.717) is 19.0 Å². The van der Waals surface area contributed by atoms with Gasteiger partial charge in [-0.1, -0.05) is 47.0 Å². The topological polar surface area (TPSA) is 45.6 Å². The van der Waals surface area contributed by atoms with E-state index in [-0.39, 0.29) is 30.3 Å². The molecule has 0 radical (unpaired) electrons. The third-order valence-electron chi connectivity index (χ3n) is 5.44. The number of hydrogen-bond donors (Lipinski definition) is 0. The highest BCUT2D eigenvalue weighted by Gasteiger charge is 2.30. The van der Waals surface area contributed by atoms with E-state index in [1.165, 1.54) is 6.42 Å². The summed E-state index contributed by atoms with van der Waals surface area (Å²) in [7, 11) is 2.00. The second-order valence-electron chi connectivity index (χ2n) is 8.69. The van der Waals surface area contributed by atoms with Gasteiger partial charge in [-0.05, 0) is 30.9 Å². The summed E-state index contributed by atoms with van der Waals surface area (Å²) in [5.74, 6) is 0.479. The van der Waals surface area contributed by atoms with Crippen LogP contribution in [-0.4, -0.2) is 45.3 Å². The zero-order valence-corrected chi connectivity index (χ0v) is 17.8. The predicted octanol–water partition coefficient (Wildman–Crippen LogP) is 3.83. The second kappa shape index (κ2) is 9.95. The molecular formula is C22H37N3O2. The smallest absolute Gasteiger partial charge is 0.242 e. The van der Waals surface area contributed by atoms with E-state index in [2.05, 4.69) is 24.5 Å². The van der Waals surface area contributed by atoms with Crippen LogP contribution in [0.4, 0.5) is 0 Å². The summed E-state index contributed by atoms with van der Waals surface area (Å²) in [5.41, 5.74) is 1.11. The highest BCUT2D eigenvalue weighted by molar-refractivity contribution is 5.86. The number of aryl methyl sites for hydroxylation is 1. The Bertz CT molecular complexity index is 615. The van der Waals surface area contributed by atoms with E-state index >= 15 is 0 Å². The number of aromatic nitrogens is 1. The van der Waals surface area contributed by atoms with Crippen molar-refractivity contribution in [3.05, 3.63) is 24.0 Å². The molecule has 1 saturated carbocycles. The Morgan fingerprint density at radius 1 is 1.15 bits per heavy atom. The maximum Gasteiger partial charge on any atom is 0.242 e. The lowest BCUT2D eigenvalue weighted by molar-refractivity contribution is -0.145. The van der Waals surface area contributed by atoms with Gasteiger partial charge in [0, 0.05) is 37.4 Å². The zero-order chi connectivity index (χ0) is 20.0. The summed E-state index contributed by atoms with van der Waals surface area (Å²) in [6.45, 7) is 9.62. The molecule has 152 valence electrons. The summed E-state index contributed by atoms with van der Waals surface area (Å²) in [4.78, 5) is 29.9. The molecule has 0 N–H and O–H groups in total. The first-order chi connectivity index (χ1) is 12.8. The molecule has 0 spiro atoms. The first-order valence-electron chi connectivity index (χ1n) is 10.5. The third-order valence-corrected chi connectivity index (χ3v) is 5.44. The van der Waals surface area contributed by atoms with E-state index in [1.54, 1.807) is 0 Å². The van der Waals surface area contributed by atoms with Crippen LogP contribution in [0.25, 0.3) is 0 Å². The molecule has 0 aliphatic heterocycles. The molecule has 0 bridgehead atoms. The van der Waals surface area contributed by atoms with E-state index in [9.17, 15) is 9.59 Å². The van der Waals surface area contributed by atoms with Crippen LogP contribution in [0, 0.1) is 11.8 Å². The molecule has 1 aliphatic carbocycles. The van der Waals surface area contributed by atoms with Crippen molar-refractivity contribution in [2.24, 2.45) is 18.9 Å². The highest BCUT2D eigenvalue weighted by Crippen LogP contribution is 2.24. The lowest BCUT2D eigenvalue weighted by Crippen LogP contribution is -2.50. The lowest BCUT2D eigenvalue weighted by atomic mass is 9.93. The van der Waals surface area contributed by atoms with Gasteiger partial charge in [-0.2, -0.15) is 0 Å². The molecule has 0 saturated heterocycles.